The molecule has 0 aromatic carbocycles. The molecular weight excluding hydrogens is 262 g/mol. The van der Waals surface area contributed by atoms with Gasteiger partial charge in [-0.05, 0) is 33.0 Å². The van der Waals surface area contributed by atoms with E-state index in [1.807, 2.05) is 0 Å². The molecule has 0 spiro atoms. The highest BCUT2D eigenvalue weighted by Crippen LogP contribution is 2.29. The smallest absolute Gasteiger partial charge is 0.148 e. The molecule has 104 valence electrons. The Labute approximate surface area is 118 Å². The molecule has 1 aliphatic rings. The van der Waals surface area contributed by atoms with Gasteiger partial charge in [0.2, 0.25) is 0 Å². The molecule has 5 nitrogen and oxygen atoms in total. The van der Waals surface area contributed by atoms with E-state index in [1.54, 1.807) is 12.3 Å². The number of aromatic nitrogens is 1. The minimum atomic E-state index is -0.0168. The first-order valence-electron chi connectivity index (χ1n) is 6.41. The van der Waals surface area contributed by atoms with Gasteiger partial charge < -0.3 is 15.5 Å². The molecule has 1 aromatic heterocycles. The van der Waals surface area contributed by atoms with E-state index < -0.39 is 0 Å². The maximum Gasteiger partial charge on any atom is 0.148 e. The van der Waals surface area contributed by atoms with E-state index in [-0.39, 0.29) is 5.84 Å². The predicted molar refractivity (Wildman–Crippen MR) is 79.2 cm³/mol. The van der Waals surface area contributed by atoms with Crippen LogP contribution in [0.4, 0.5) is 5.82 Å². The van der Waals surface area contributed by atoms with Gasteiger partial charge in [0.1, 0.15) is 11.7 Å². The van der Waals surface area contributed by atoms with Crippen molar-refractivity contribution in [2.45, 2.75) is 18.9 Å². The van der Waals surface area contributed by atoms with Crippen LogP contribution >= 0.6 is 11.6 Å². The standard InChI is InChI=1S/C13H20ClN5/c1-18(2)9-4-7-19(8-5-9)13-11(14)10(12(15)16)3-6-17-13/h3,6,9H,4-5,7-8H2,1-2H3,(H3,15,16). The van der Waals surface area contributed by atoms with Crippen LogP contribution in [0.1, 0.15) is 18.4 Å². The number of amidine groups is 1. The largest absolute Gasteiger partial charge is 0.384 e. The second-order valence-corrected chi connectivity index (χ2v) is 5.47. The van der Waals surface area contributed by atoms with Crippen LogP contribution in [0.15, 0.2) is 12.3 Å². The van der Waals surface area contributed by atoms with Crippen LogP contribution < -0.4 is 10.6 Å². The average molecular weight is 282 g/mol. The van der Waals surface area contributed by atoms with E-state index in [9.17, 15) is 0 Å². The van der Waals surface area contributed by atoms with Crippen molar-refractivity contribution in [1.29, 1.82) is 5.41 Å². The van der Waals surface area contributed by atoms with Gasteiger partial charge in [-0.2, -0.15) is 0 Å². The summed E-state index contributed by atoms with van der Waals surface area (Å²) >= 11 is 6.30. The van der Waals surface area contributed by atoms with Crippen molar-refractivity contribution in [3.63, 3.8) is 0 Å². The number of hydrogen-bond donors (Lipinski definition) is 2. The van der Waals surface area contributed by atoms with E-state index in [0.29, 0.717) is 16.6 Å². The number of nitrogens with zero attached hydrogens (tertiary/aromatic N) is 3. The molecule has 0 atom stereocenters. The lowest BCUT2D eigenvalue weighted by Crippen LogP contribution is -2.42. The highest BCUT2D eigenvalue weighted by Gasteiger charge is 2.23. The Kier molecular flexibility index (Phi) is 4.27. The molecule has 3 N–H and O–H groups in total. The molecule has 0 unspecified atom stereocenters. The third-order valence-corrected chi connectivity index (χ3v) is 4.03. The summed E-state index contributed by atoms with van der Waals surface area (Å²) in [7, 11) is 4.23. The highest BCUT2D eigenvalue weighted by molar-refractivity contribution is 6.36. The van der Waals surface area contributed by atoms with E-state index in [2.05, 4.69) is 28.9 Å². The van der Waals surface area contributed by atoms with E-state index >= 15 is 0 Å². The predicted octanol–water partition coefficient (Wildman–Crippen LogP) is 1.55. The van der Waals surface area contributed by atoms with Crippen molar-refractivity contribution in [3.8, 4) is 0 Å². The fraction of sp³-hybridized carbons (Fsp3) is 0.538. The van der Waals surface area contributed by atoms with Gasteiger partial charge >= 0.3 is 0 Å². The van der Waals surface area contributed by atoms with E-state index in [0.717, 1.165) is 31.7 Å². The zero-order valence-electron chi connectivity index (χ0n) is 11.4. The third-order valence-electron chi connectivity index (χ3n) is 3.66. The maximum atomic E-state index is 7.52. The van der Waals surface area contributed by atoms with Crippen molar-refractivity contribution >= 4 is 23.3 Å². The fourth-order valence-electron chi connectivity index (χ4n) is 2.46. The molecular formula is C13H20ClN5. The number of halogens is 1. The van der Waals surface area contributed by atoms with Crippen LogP contribution in [-0.2, 0) is 0 Å². The van der Waals surface area contributed by atoms with Gasteiger partial charge in [-0.15, -0.1) is 0 Å². The Bertz CT molecular complexity index is 466. The Morgan fingerprint density at radius 1 is 1.47 bits per heavy atom. The summed E-state index contributed by atoms with van der Waals surface area (Å²) in [6.07, 6.45) is 3.85. The number of piperidine rings is 1. The van der Waals surface area contributed by atoms with Crippen LogP contribution in [-0.4, -0.2) is 48.9 Å². The number of nitrogen functional groups attached to an aromatic ring is 1. The molecule has 0 saturated carbocycles. The number of anilines is 1. The van der Waals surface area contributed by atoms with Crippen molar-refractivity contribution in [1.82, 2.24) is 9.88 Å². The number of nitrogens with two attached hydrogens (primary N) is 1. The summed E-state index contributed by atoms with van der Waals surface area (Å²) in [6.45, 7) is 1.86. The Morgan fingerprint density at radius 2 is 2.11 bits per heavy atom. The van der Waals surface area contributed by atoms with Gasteiger partial charge in [0.05, 0.1) is 5.02 Å². The average Bonchev–Trinajstić information content (AvgIpc) is 2.38. The number of rotatable bonds is 3. The lowest BCUT2D eigenvalue weighted by molar-refractivity contribution is 0.249. The van der Waals surface area contributed by atoms with Crippen LogP contribution in [0.5, 0.6) is 0 Å². The molecule has 1 fully saturated rings. The lowest BCUT2D eigenvalue weighted by atomic mass is 10.0. The first-order chi connectivity index (χ1) is 9.00. The van der Waals surface area contributed by atoms with Crippen LogP contribution in [0.3, 0.4) is 0 Å². The second-order valence-electron chi connectivity index (χ2n) is 5.09. The minimum Gasteiger partial charge on any atom is -0.384 e. The fourth-order valence-corrected chi connectivity index (χ4v) is 2.79. The zero-order chi connectivity index (χ0) is 14.0. The van der Waals surface area contributed by atoms with Gasteiger partial charge in [0.15, 0.2) is 0 Å². The van der Waals surface area contributed by atoms with Crippen molar-refractivity contribution < 1.29 is 0 Å². The van der Waals surface area contributed by atoms with Gasteiger partial charge in [-0.1, -0.05) is 11.6 Å². The minimum absolute atomic E-state index is 0.0168. The maximum absolute atomic E-state index is 7.52. The van der Waals surface area contributed by atoms with Crippen molar-refractivity contribution in [2.75, 3.05) is 32.1 Å². The van der Waals surface area contributed by atoms with Gasteiger partial charge in [-0.3, -0.25) is 5.41 Å². The van der Waals surface area contributed by atoms with Crippen LogP contribution in [0, 0.1) is 5.41 Å². The van der Waals surface area contributed by atoms with Crippen LogP contribution in [0.25, 0.3) is 0 Å². The molecule has 0 amide bonds. The number of nitrogens with one attached hydrogen (secondary N) is 1. The molecule has 1 aliphatic heterocycles. The summed E-state index contributed by atoms with van der Waals surface area (Å²) < 4.78 is 0. The monoisotopic (exact) mass is 281 g/mol. The summed E-state index contributed by atoms with van der Waals surface area (Å²) in [4.78, 5) is 8.78. The van der Waals surface area contributed by atoms with Crippen molar-refractivity contribution in [2.24, 2.45) is 5.73 Å². The third kappa shape index (κ3) is 2.98. The van der Waals surface area contributed by atoms with E-state index in [1.165, 1.54) is 0 Å². The Balaban J connectivity index is 2.16. The quantitative estimate of drug-likeness (QED) is 0.651. The highest BCUT2D eigenvalue weighted by atomic mass is 35.5. The SMILES string of the molecule is CN(C)C1CCN(c2nccc(C(=N)N)c2Cl)CC1. The zero-order valence-corrected chi connectivity index (χ0v) is 12.1. The van der Waals surface area contributed by atoms with Gasteiger partial charge in [-0.25, -0.2) is 4.98 Å². The molecule has 2 rings (SSSR count). The lowest BCUT2D eigenvalue weighted by Gasteiger charge is -2.36. The summed E-state index contributed by atoms with van der Waals surface area (Å²) in [5, 5.41) is 8.00. The molecule has 19 heavy (non-hydrogen) atoms. The van der Waals surface area contributed by atoms with Gasteiger partial charge in [0, 0.05) is 30.9 Å². The van der Waals surface area contributed by atoms with Crippen molar-refractivity contribution in [3.05, 3.63) is 22.8 Å². The first kappa shape index (κ1) is 14.1. The summed E-state index contributed by atoms with van der Waals surface area (Å²) in [5.74, 6) is 0.725. The Morgan fingerprint density at radius 3 is 2.63 bits per heavy atom. The summed E-state index contributed by atoms with van der Waals surface area (Å²) in [5.41, 5.74) is 6.08. The number of pyridine rings is 1. The van der Waals surface area contributed by atoms with E-state index in [4.69, 9.17) is 22.7 Å². The molecule has 0 bridgehead atoms. The molecule has 0 aliphatic carbocycles. The molecule has 1 aromatic rings. The van der Waals surface area contributed by atoms with Crippen LogP contribution in [0.2, 0.25) is 5.02 Å². The van der Waals surface area contributed by atoms with Gasteiger partial charge in [0.25, 0.3) is 0 Å². The molecule has 2 heterocycles. The number of hydrogen-bond acceptors (Lipinski definition) is 4. The molecule has 6 heteroatoms. The first-order valence-corrected chi connectivity index (χ1v) is 6.78. The molecule has 0 radical (unpaired) electrons. The second kappa shape index (κ2) is 5.75. The molecule has 1 saturated heterocycles. The summed E-state index contributed by atoms with van der Waals surface area (Å²) in [6, 6.07) is 2.30. The Hall–Kier alpha value is -1.33. The topological polar surface area (TPSA) is 69.2 Å². The normalized spacial score (nSPS) is 16.9.